The van der Waals surface area contributed by atoms with Crippen LogP contribution in [-0.2, 0) is 0 Å². The number of nitrogen functional groups attached to an aromatic ring is 1. The van der Waals surface area contributed by atoms with E-state index in [1.165, 1.54) is 10.9 Å². The summed E-state index contributed by atoms with van der Waals surface area (Å²) in [7, 11) is 0. The van der Waals surface area contributed by atoms with Crippen molar-refractivity contribution in [3.8, 4) is 5.75 Å². The van der Waals surface area contributed by atoms with Gasteiger partial charge in [-0.1, -0.05) is 31.2 Å². The molecule has 1 unspecified atom stereocenters. The van der Waals surface area contributed by atoms with Crippen molar-refractivity contribution in [2.24, 2.45) is 5.10 Å². The number of benzene rings is 2. The van der Waals surface area contributed by atoms with Gasteiger partial charge < -0.3 is 16.2 Å². The Morgan fingerprint density at radius 2 is 1.87 bits per heavy atom. The Morgan fingerprint density at radius 3 is 2.57 bits per heavy atom. The molecule has 0 bridgehead atoms. The van der Waals surface area contributed by atoms with Crippen molar-refractivity contribution in [3.05, 3.63) is 59.7 Å². The molecule has 0 aliphatic rings. The van der Waals surface area contributed by atoms with E-state index < -0.39 is 0 Å². The number of carbonyl (C=O) groups excluding carboxylic acids is 1. The van der Waals surface area contributed by atoms with Gasteiger partial charge in [-0.3, -0.25) is 4.79 Å². The topological polar surface area (TPSA) is 118 Å². The van der Waals surface area contributed by atoms with Crippen LogP contribution in [0.25, 0.3) is 22.2 Å². The van der Waals surface area contributed by atoms with Crippen molar-refractivity contribution in [1.82, 2.24) is 20.0 Å². The Kier molecular flexibility index (Phi) is 5.05. The lowest BCUT2D eigenvalue weighted by atomic mass is 10.2. The SMILES string of the molecule is CCC(C)NC(=O)c1c(N)n(/N=C\c2ccccc2O)c2nc3ccccc3nc12. The van der Waals surface area contributed by atoms with Crippen LogP contribution in [0, 0.1) is 0 Å². The van der Waals surface area contributed by atoms with Crippen LogP contribution in [0.1, 0.15) is 36.2 Å². The van der Waals surface area contributed by atoms with Gasteiger partial charge in [0.25, 0.3) is 5.91 Å². The Hall–Kier alpha value is -3.94. The molecule has 2 aromatic carbocycles. The number of anilines is 1. The first-order chi connectivity index (χ1) is 14.5. The summed E-state index contributed by atoms with van der Waals surface area (Å²) in [6, 6.07) is 14.2. The van der Waals surface area contributed by atoms with E-state index in [2.05, 4.69) is 20.4 Å². The molecule has 2 aromatic heterocycles. The van der Waals surface area contributed by atoms with Gasteiger partial charge in [-0.05, 0) is 37.6 Å². The molecule has 1 amide bonds. The molecule has 0 saturated heterocycles. The molecular weight excluding hydrogens is 380 g/mol. The Balaban J connectivity index is 1.92. The van der Waals surface area contributed by atoms with E-state index in [1.54, 1.807) is 24.3 Å². The number of hydrogen-bond acceptors (Lipinski definition) is 6. The minimum Gasteiger partial charge on any atom is -0.507 e. The molecule has 8 heteroatoms. The summed E-state index contributed by atoms with van der Waals surface area (Å²) in [5, 5.41) is 17.3. The maximum absolute atomic E-state index is 13.0. The average Bonchev–Trinajstić information content (AvgIpc) is 3.01. The van der Waals surface area contributed by atoms with Crippen LogP contribution in [-0.4, -0.2) is 37.9 Å². The number of phenols is 1. The van der Waals surface area contributed by atoms with E-state index in [1.807, 2.05) is 38.1 Å². The molecule has 0 aliphatic carbocycles. The zero-order chi connectivity index (χ0) is 21.3. The smallest absolute Gasteiger partial charge is 0.257 e. The van der Waals surface area contributed by atoms with Crippen molar-refractivity contribution in [1.29, 1.82) is 0 Å². The van der Waals surface area contributed by atoms with Crippen molar-refractivity contribution >= 4 is 40.1 Å². The van der Waals surface area contributed by atoms with Crippen LogP contribution in [0.3, 0.4) is 0 Å². The summed E-state index contributed by atoms with van der Waals surface area (Å²) < 4.78 is 1.38. The third-order valence-corrected chi connectivity index (χ3v) is 4.94. The second-order valence-corrected chi connectivity index (χ2v) is 7.04. The summed E-state index contributed by atoms with van der Waals surface area (Å²) in [5.41, 5.74) is 9.15. The highest BCUT2D eigenvalue weighted by Gasteiger charge is 2.24. The molecule has 1 atom stereocenters. The van der Waals surface area contributed by atoms with E-state index in [0.717, 1.165) is 6.42 Å². The van der Waals surface area contributed by atoms with Crippen molar-refractivity contribution in [2.45, 2.75) is 26.3 Å². The van der Waals surface area contributed by atoms with Gasteiger partial charge in [0.15, 0.2) is 5.65 Å². The van der Waals surface area contributed by atoms with Gasteiger partial charge in [-0.15, -0.1) is 0 Å². The van der Waals surface area contributed by atoms with Gasteiger partial charge in [-0.25, -0.2) is 9.97 Å². The summed E-state index contributed by atoms with van der Waals surface area (Å²) >= 11 is 0. The van der Waals surface area contributed by atoms with Crippen LogP contribution < -0.4 is 11.1 Å². The second kappa shape index (κ2) is 7.82. The fourth-order valence-electron chi connectivity index (χ4n) is 3.10. The monoisotopic (exact) mass is 402 g/mol. The molecule has 4 rings (SSSR count). The first kappa shape index (κ1) is 19.4. The third kappa shape index (κ3) is 3.43. The standard InChI is InChI=1S/C22H22N6O2/c1-3-13(2)25-22(30)18-19-21(27-16-10-6-5-9-15(16)26-19)28(20(18)23)24-12-14-8-4-7-11-17(14)29/h4-13,29H,3,23H2,1-2H3,(H,25,30)/b24-12-. The molecule has 0 radical (unpaired) electrons. The number of nitrogens with two attached hydrogens (primary N) is 1. The molecule has 152 valence electrons. The predicted octanol–water partition coefficient (Wildman–Crippen LogP) is 3.28. The van der Waals surface area contributed by atoms with Gasteiger partial charge >= 0.3 is 0 Å². The Labute approximate surface area is 173 Å². The zero-order valence-electron chi connectivity index (χ0n) is 16.7. The quantitative estimate of drug-likeness (QED) is 0.443. The number of aromatic nitrogens is 3. The molecule has 0 spiro atoms. The average molecular weight is 402 g/mol. The normalized spacial score (nSPS) is 12.6. The number of rotatable bonds is 5. The lowest BCUT2D eigenvalue weighted by Gasteiger charge is -2.11. The number of phenolic OH excluding ortho intramolecular Hbond substituents is 1. The summed E-state index contributed by atoms with van der Waals surface area (Å²) in [6.07, 6.45) is 2.25. The molecule has 8 nitrogen and oxygen atoms in total. The second-order valence-electron chi connectivity index (χ2n) is 7.04. The number of nitrogens with zero attached hydrogens (tertiary/aromatic N) is 4. The number of aromatic hydroxyl groups is 1. The molecular formula is C22H22N6O2. The van der Waals surface area contributed by atoms with Crippen LogP contribution in [0.5, 0.6) is 5.75 Å². The van der Waals surface area contributed by atoms with E-state index in [0.29, 0.717) is 27.8 Å². The molecule has 4 aromatic rings. The third-order valence-electron chi connectivity index (χ3n) is 4.94. The van der Waals surface area contributed by atoms with Crippen molar-refractivity contribution in [2.75, 3.05) is 5.73 Å². The first-order valence-electron chi connectivity index (χ1n) is 9.69. The van der Waals surface area contributed by atoms with Crippen molar-refractivity contribution in [3.63, 3.8) is 0 Å². The predicted molar refractivity (Wildman–Crippen MR) is 118 cm³/mol. The number of hydrogen-bond donors (Lipinski definition) is 3. The van der Waals surface area contributed by atoms with E-state index >= 15 is 0 Å². The minimum absolute atomic E-state index is 0.0199. The number of carbonyl (C=O) groups is 1. The van der Waals surface area contributed by atoms with Gasteiger partial charge in [0.2, 0.25) is 0 Å². The number of amides is 1. The highest BCUT2D eigenvalue weighted by molar-refractivity contribution is 6.10. The van der Waals surface area contributed by atoms with Gasteiger partial charge in [0.05, 0.1) is 17.2 Å². The lowest BCUT2D eigenvalue weighted by molar-refractivity contribution is 0.0941. The Morgan fingerprint density at radius 1 is 1.20 bits per heavy atom. The first-order valence-corrected chi connectivity index (χ1v) is 9.69. The largest absolute Gasteiger partial charge is 0.507 e. The van der Waals surface area contributed by atoms with Gasteiger partial charge in [-0.2, -0.15) is 9.78 Å². The maximum atomic E-state index is 13.0. The molecule has 0 fully saturated rings. The highest BCUT2D eigenvalue weighted by Crippen LogP contribution is 2.28. The molecule has 2 heterocycles. The molecule has 4 N–H and O–H groups in total. The van der Waals surface area contributed by atoms with Crippen LogP contribution in [0.2, 0.25) is 0 Å². The number of nitrogens with one attached hydrogen (secondary N) is 1. The van der Waals surface area contributed by atoms with E-state index in [4.69, 9.17) is 5.73 Å². The zero-order valence-corrected chi connectivity index (χ0v) is 16.7. The lowest BCUT2D eigenvalue weighted by Crippen LogP contribution is -2.32. The van der Waals surface area contributed by atoms with E-state index in [-0.39, 0.29) is 29.1 Å². The highest BCUT2D eigenvalue weighted by atomic mass is 16.3. The summed E-state index contributed by atoms with van der Waals surface area (Å²) in [6.45, 7) is 3.91. The molecule has 30 heavy (non-hydrogen) atoms. The number of para-hydroxylation sites is 3. The summed E-state index contributed by atoms with van der Waals surface area (Å²) in [4.78, 5) is 22.2. The van der Waals surface area contributed by atoms with Crippen LogP contribution in [0.15, 0.2) is 53.6 Å². The summed E-state index contributed by atoms with van der Waals surface area (Å²) in [5.74, 6) is -0.108. The molecule has 0 saturated carbocycles. The van der Waals surface area contributed by atoms with Crippen LogP contribution in [0.4, 0.5) is 5.82 Å². The van der Waals surface area contributed by atoms with Crippen molar-refractivity contribution < 1.29 is 9.90 Å². The maximum Gasteiger partial charge on any atom is 0.257 e. The van der Waals surface area contributed by atoms with Gasteiger partial charge in [0.1, 0.15) is 22.6 Å². The number of fused-ring (bicyclic) bond motifs is 2. The fourth-order valence-corrected chi connectivity index (χ4v) is 3.10. The Bertz CT molecular complexity index is 1280. The fraction of sp³-hybridized carbons (Fsp3) is 0.182. The van der Waals surface area contributed by atoms with E-state index in [9.17, 15) is 9.90 Å². The minimum atomic E-state index is -0.326. The van der Waals surface area contributed by atoms with Gasteiger partial charge in [0, 0.05) is 11.6 Å². The molecule has 0 aliphatic heterocycles. The van der Waals surface area contributed by atoms with Crippen LogP contribution >= 0.6 is 0 Å².